The third kappa shape index (κ3) is 4.43. The molecule has 0 heterocycles. The number of ether oxygens (including phenoxy) is 2. The molecule has 170 valence electrons. The van der Waals surface area contributed by atoms with Crippen LogP contribution in [0.25, 0.3) is 6.08 Å². The van der Waals surface area contributed by atoms with Crippen molar-refractivity contribution in [3.63, 3.8) is 0 Å². The van der Waals surface area contributed by atoms with Crippen LogP contribution in [0.3, 0.4) is 0 Å². The van der Waals surface area contributed by atoms with Gasteiger partial charge >= 0.3 is 5.97 Å². The van der Waals surface area contributed by atoms with Gasteiger partial charge in [0.2, 0.25) is 0 Å². The van der Waals surface area contributed by atoms with Gasteiger partial charge < -0.3 is 24.8 Å². The van der Waals surface area contributed by atoms with E-state index in [2.05, 4.69) is 13.8 Å². The number of rotatable bonds is 6. The minimum absolute atomic E-state index is 0.183. The number of fused-ring (bicyclic) bond motifs is 1. The lowest BCUT2D eigenvalue weighted by atomic mass is 9.47. The average molecular weight is 431 g/mol. The van der Waals surface area contributed by atoms with Crippen LogP contribution in [0.15, 0.2) is 42.0 Å². The van der Waals surface area contributed by atoms with Crippen LogP contribution in [-0.4, -0.2) is 53.8 Å². The van der Waals surface area contributed by atoms with Crippen LogP contribution >= 0.6 is 0 Å². The average Bonchev–Trinajstić information content (AvgIpc) is 2.74. The first kappa shape index (κ1) is 23.5. The molecule has 3 rings (SSSR count). The number of carbonyl (C=O) groups is 1. The number of benzene rings is 1. The van der Waals surface area contributed by atoms with Crippen LogP contribution in [0.1, 0.15) is 39.2 Å². The summed E-state index contributed by atoms with van der Waals surface area (Å²) in [6, 6.07) is 7.33. The summed E-state index contributed by atoms with van der Waals surface area (Å²) < 4.78 is 11.1. The van der Waals surface area contributed by atoms with Crippen LogP contribution in [0.5, 0.6) is 5.75 Å². The standard InChI is InChI=1S/C25H34O6/c1-24(2)12-11-21(25(3)19(15-27)17(14-26)13-20(28)23(24)25)31-22(29)10-7-16-5-8-18(30-4)9-6-16/h5-10,13,19-21,23,26-28H,11-12,14-15H2,1-4H3/b10-7+/t19-,20-,21+,23-,25-/m0/s1. The van der Waals surface area contributed by atoms with Crippen molar-refractivity contribution in [2.24, 2.45) is 22.7 Å². The highest BCUT2D eigenvalue weighted by atomic mass is 16.5. The molecule has 0 aromatic heterocycles. The smallest absolute Gasteiger partial charge is 0.331 e. The van der Waals surface area contributed by atoms with Crippen LogP contribution < -0.4 is 4.74 Å². The zero-order chi connectivity index (χ0) is 22.8. The van der Waals surface area contributed by atoms with Gasteiger partial charge in [0.25, 0.3) is 0 Å². The van der Waals surface area contributed by atoms with Crippen LogP contribution in [0.2, 0.25) is 0 Å². The van der Waals surface area contributed by atoms with E-state index in [-0.39, 0.29) is 24.5 Å². The van der Waals surface area contributed by atoms with E-state index >= 15 is 0 Å². The SMILES string of the molecule is COc1ccc(/C=C/C(=O)O[C@@H]2CCC(C)(C)[C@@H]3[C@@H](O)C=C(CO)[C@H](CO)[C@@]23C)cc1. The molecule has 0 saturated heterocycles. The maximum atomic E-state index is 12.7. The molecule has 6 heteroatoms. The van der Waals surface area contributed by atoms with Crippen molar-refractivity contribution < 1.29 is 29.6 Å². The second kappa shape index (κ2) is 9.15. The molecule has 1 aromatic rings. The number of carbonyl (C=O) groups excluding carboxylic acids is 1. The predicted molar refractivity (Wildman–Crippen MR) is 118 cm³/mol. The van der Waals surface area contributed by atoms with Crippen LogP contribution in [0.4, 0.5) is 0 Å². The fourth-order valence-electron chi connectivity index (χ4n) is 5.84. The molecular formula is C25H34O6. The molecule has 2 aliphatic rings. The Morgan fingerprint density at radius 2 is 1.87 bits per heavy atom. The summed E-state index contributed by atoms with van der Waals surface area (Å²) in [5.41, 5.74) is 0.535. The summed E-state index contributed by atoms with van der Waals surface area (Å²) in [5, 5.41) is 31.0. The fourth-order valence-corrected chi connectivity index (χ4v) is 5.84. The number of hydrogen-bond donors (Lipinski definition) is 3. The van der Waals surface area contributed by atoms with Crippen molar-refractivity contribution in [3.05, 3.63) is 47.6 Å². The molecule has 1 fully saturated rings. The Bertz CT molecular complexity index is 840. The van der Waals surface area contributed by atoms with Gasteiger partial charge in [0.1, 0.15) is 11.9 Å². The molecule has 31 heavy (non-hydrogen) atoms. The Balaban J connectivity index is 1.85. The van der Waals surface area contributed by atoms with Crippen molar-refractivity contribution in [2.75, 3.05) is 20.3 Å². The summed E-state index contributed by atoms with van der Waals surface area (Å²) >= 11 is 0. The van der Waals surface area contributed by atoms with Gasteiger partial charge in [-0.15, -0.1) is 0 Å². The second-order valence-electron chi connectivity index (χ2n) is 9.53. The van der Waals surface area contributed by atoms with Gasteiger partial charge in [-0.3, -0.25) is 0 Å². The Labute approximate surface area is 184 Å². The monoisotopic (exact) mass is 430 g/mol. The van der Waals surface area contributed by atoms with Gasteiger partial charge in [0.05, 0.1) is 26.4 Å². The molecule has 0 radical (unpaired) electrons. The van der Waals surface area contributed by atoms with Crippen LogP contribution in [0, 0.1) is 22.7 Å². The molecule has 0 bridgehead atoms. The van der Waals surface area contributed by atoms with E-state index in [9.17, 15) is 20.1 Å². The highest BCUT2D eigenvalue weighted by Crippen LogP contribution is 2.60. The fraction of sp³-hybridized carbons (Fsp3) is 0.560. The zero-order valence-electron chi connectivity index (χ0n) is 18.7. The Morgan fingerprint density at radius 1 is 1.19 bits per heavy atom. The van der Waals surface area contributed by atoms with Crippen molar-refractivity contribution in [3.8, 4) is 5.75 Å². The Morgan fingerprint density at radius 3 is 2.45 bits per heavy atom. The minimum atomic E-state index is -0.777. The largest absolute Gasteiger partial charge is 0.497 e. The number of hydrogen-bond acceptors (Lipinski definition) is 6. The summed E-state index contributed by atoms with van der Waals surface area (Å²) in [6.45, 7) is 5.75. The topological polar surface area (TPSA) is 96.2 Å². The van der Waals surface area contributed by atoms with Gasteiger partial charge in [0.15, 0.2) is 0 Å². The highest BCUT2D eigenvalue weighted by molar-refractivity contribution is 5.87. The predicted octanol–water partition coefficient (Wildman–Crippen LogP) is 2.96. The molecular weight excluding hydrogens is 396 g/mol. The Kier molecular flexibility index (Phi) is 6.94. The van der Waals surface area contributed by atoms with E-state index in [1.165, 1.54) is 6.08 Å². The lowest BCUT2D eigenvalue weighted by Crippen LogP contribution is -2.62. The first-order valence-corrected chi connectivity index (χ1v) is 10.8. The van der Waals surface area contributed by atoms with Gasteiger partial charge in [-0.05, 0) is 47.6 Å². The Hall–Kier alpha value is -2.15. The summed E-state index contributed by atoms with van der Waals surface area (Å²) in [7, 11) is 1.60. The summed E-state index contributed by atoms with van der Waals surface area (Å²) in [4.78, 5) is 12.7. The van der Waals surface area contributed by atoms with E-state index in [0.717, 1.165) is 17.7 Å². The lowest BCUT2D eigenvalue weighted by molar-refractivity contribution is -0.192. The number of methoxy groups -OCH3 is 1. The molecule has 5 atom stereocenters. The maximum absolute atomic E-state index is 12.7. The van der Waals surface area contributed by atoms with Gasteiger partial charge in [0, 0.05) is 23.3 Å². The van der Waals surface area contributed by atoms with Crippen LogP contribution in [-0.2, 0) is 9.53 Å². The zero-order valence-corrected chi connectivity index (χ0v) is 18.7. The summed E-state index contributed by atoms with van der Waals surface area (Å²) in [5.74, 6) is -0.340. The van der Waals surface area contributed by atoms with Gasteiger partial charge in [-0.25, -0.2) is 4.79 Å². The van der Waals surface area contributed by atoms with E-state index in [0.29, 0.717) is 12.0 Å². The molecule has 0 spiro atoms. The third-order valence-electron chi connectivity index (χ3n) is 7.33. The van der Waals surface area contributed by atoms with Crippen molar-refractivity contribution in [1.82, 2.24) is 0 Å². The van der Waals surface area contributed by atoms with E-state index < -0.39 is 29.5 Å². The lowest BCUT2D eigenvalue weighted by Gasteiger charge is -2.60. The third-order valence-corrected chi connectivity index (χ3v) is 7.33. The molecule has 3 N–H and O–H groups in total. The number of esters is 1. The molecule has 2 aliphatic carbocycles. The summed E-state index contributed by atoms with van der Waals surface area (Å²) in [6.07, 6.45) is 4.90. The van der Waals surface area contributed by atoms with E-state index in [1.807, 2.05) is 31.2 Å². The molecule has 0 unspecified atom stereocenters. The molecule has 1 saturated carbocycles. The number of aliphatic hydroxyl groups is 3. The second-order valence-corrected chi connectivity index (χ2v) is 9.53. The van der Waals surface area contributed by atoms with Crippen molar-refractivity contribution in [2.45, 2.75) is 45.8 Å². The highest BCUT2D eigenvalue weighted by Gasteiger charge is 2.61. The maximum Gasteiger partial charge on any atom is 0.331 e. The molecule has 0 aliphatic heterocycles. The van der Waals surface area contributed by atoms with Gasteiger partial charge in [-0.2, -0.15) is 0 Å². The van der Waals surface area contributed by atoms with Crippen molar-refractivity contribution in [1.29, 1.82) is 0 Å². The first-order chi connectivity index (χ1) is 14.7. The van der Waals surface area contributed by atoms with E-state index in [1.54, 1.807) is 19.3 Å². The first-order valence-electron chi connectivity index (χ1n) is 10.8. The minimum Gasteiger partial charge on any atom is -0.497 e. The molecule has 0 amide bonds. The van der Waals surface area contributed by atoms with E-state index in [4.69, 9.17) is 9.47 Å². The van der Waals surface area contributed by atoms with Gasteiger partial charge in [-0.1, -0.05) is 39.0 Å². The molecule has 1 aromatic carbocycles. The molecule has 6 nitrogen and oxygen atoms in total. The van der Waals surface area contributed by atoms with Crippen molar-refractivity contribution >= 4 is 12.0 Å². The quantitative estimate of drug-likeness (QED) is 0.365. The normalized spacial score (nSPS) is 32.3. The number of aliphatic hydroxyl groups excluding tert-OH is 3.